The van der Waals surface area contributed by atoms with Gasteiger partial charge in [0, 0.05) is 55.1 Å². The quantitative estimate of drug-likeness (QED) is 0.458. The van der Waals surface area contributed by atoms with Crippen molar-refractivity contribution in [3.8, 4) is 11.1 Å². The molecule has 1 aliphatic carbocycles. The molecule has 3 aliphatic rings. The first kappa shape index (κ1) is 27.3. The summed E-state index contributed by atoms with van der Waals surface area (Å²) in [5.41, 5.74) is 3.54. The summed E-state index contributed by atoms with van der Waals surface area (Å²) < 4.78 is 0. The van der Waals surface area contributed by atoms with Gasteiger partial charge >= 0.3 is 0 Å². The number of rotatable bonds is 4. The van der Waals surface area contributed by atoms with Gasteiger partial charge in [-0.05, 0) is 39.2 Å². The molecule has 0 spiro atoms. The summed E-state index contributed by atoms with van der Waals surface area (Å²) in [5.74, 6) is 1.11. The molecule has 0 amide bonds. The fourth-order valence-corrected chi connectivity index (χ4v) is 5.09. The van der Waals surface area contributed by atoms with E-state index in [1.807, 2.05) is 26.2 Å². The second kappa shape index (κ2) is 13.7. The van der Waals surface area contributed by atoms with E-state index in [9.17, 15) is 4.79 Å². The molecule has 192 valence electrons. The van der Waals surface area contributed by atoms with Gasteiger partial charge in [-0.1, -0.05) is 82.2 Å². The minimum atomic E-state index is 0.204. The number of aromatic nitrogens is 2. The molecule has 3 heterocycles. The highest BCUT2D eigenvalue weighted by atomic mass is 16.1. The number of benzene rings is 1. The topological polar surface area (TPSA) is 49.3 Å². The molecule has 5 nitrogen and oxygen atoms in total. The van der Waals surface area contributed by atoms with Gasteiger partial charge < -0.3 is 9.69 Å². The molecular formula is C30H46N4O. The molecule has 0 N–H and O–H groups in total. The van der Waals surface area contributed by atoms with Crippen molar-refractivity contribution in [3.63, 3.8) is 0 Å². The van der Waals surface area contributed by atoms with Crippen LogP contribution in [-0.2, 0) is 4.79 Å². The van der Waals surface area contributed by atoms with Crippen LogP contribution < -0.4 is 4.90 Å². The van der Waals surface area contributed by atoms with Crippen molar-refractivity contribution < 1.29 is 4.79 Å². The molecular weight excluding hydrogens is 432 g/mol. The average Bonchev–Trinajstić information content (AvgIpc) is 3.15. The van der Waals surface area contributed by atoms with Crippen LogP contribution in [0.5, 0.6) is 0 Å². The Bertz CT molecular complexity index is 849. The minimum absolute atomic E-state index is 0.204. The summed E-state index contributed by atoms with van der Waals surface area (Å²) in [5, 5.41) is 0. The van der Waals surface area contributed by atoms with E-state index in [2.05, 4.69) is 54.8 Å². The van der Waals surface area contributed by atoms with Gasteiger partial charge in [-0.2, -0.15) is 0 Å². The number of aldehydes is 1. The molecule has 2 aliphatic heterocycles. The van der Waals surface area contributed by atoms with Crippen molar-refractivity contribution in [2.24, 2.45) is 5.92 Å². The third-order valence-corrected chi connectivity index (χ3v) is 7.27. The van der Waals surface area contributed by atoms with E-state index in [-0.39, 0.29) is 5.92 Å². The van der Waals surface area contributed by atoms with Gasteiger partial charge in [0.15, 0.2) is 0 Å². The average molecular weight is 479 g/mol. The Hall–Kier alpha value is -2.27. The van der Waals surface area contributed by atoms with Gasteiger partial charge in [-0.15, -0.1) is 0 Å². The van der Waals surface area contributed by atoms with Gasteiger partial charge in [0.25, 0.3) is 0 Å². The molecule has 2 aromatic rings. The zero-order valence-corrected chi connectivity index (χ0v) is 22.6. The summed E-state index contributed by atoms with van der Waals surface area (Å²) in [6.45, 7) is 12.7. The lowest BCUT2D eigenvalue weighted by Crippen LogP contribution is -2.56. The molecule has 2 atom stereocenters. The number of likely N-dealkylation sites (tertiary alicyclic amines) is 1. The van der Waals surface area contributed by atoms with Crippen LogP contribution >= 0.6 is 0 Å². The third-order valence-electron chi connectivity index (χ3n) is 7.27. The van der Waals surface area contributed by atoms with Crippen LogP contribution in [-0.4, -0.2) is 52.4 Å². The van der Waals surface area contributed by atoms with Crippen LogP contribution in [0, 0.1) is 12.8 Å². The van der Waals surface area contributed by atoms with Crippen molar-refractivity contribution >= 4 is 12.2 Å². The normalized spacial score (nSPS) is 21.7. The maximum Gasteiger partial charge on any atom is 0.225 e. The lowest BCUT2D eigenvalue weighted by molar-refractivity contribution is -0.110. The van der Waals surface area contributed by atoms with Crippen LogP contribution in [0.4, 0.5) is 5.95 Å². The molecule has 1 saturated carbocycles. The molecule has 5 rings (SSSR count). The number of carbonyl (C=O) groups excluding carboxylic acids is 1. The minimum Gasteiger partial charge on any atom is -0.332 e. The zero-order chi connectivity index (χ0) is 25.2. The fraction of sp³-hybridized carbons (Fsp3) is 0.633. The highest BCUT2D eigenvalue weighted by Crippen LogP contribution is 2.34. The van der Waals surface area contributed by atoms with Crippen molar-refractivity contribution in [1.82, 2.24) is 14.9 Å². The van der Waals surface area contributed by atoms with Gasteiger partial charge in [0.1, 0.15) is 6.29 Å². The van der Waals surface area contributed by atoms with Crippen molar-refractivity contribution in [2.45, 2.75) is 104 Å². The first-order valence-corrected chi connectivity index (χ1v) is 13.8. The van der Waals surface area contributed by atoms with Crippen molar-refractivity contribution in [2.75, 3.05) is 18.0 Å². The smallest absolute Gasteiger partial charge is 0.225 e. The van der Waals surface area contributed by atoms with Crippen molar-refractivity contribution in [1.29, 1.82) is 0 Å². The van der Waals surface area contributed by atoms with E-state index in [0.29, 0.717) is 18.1 Å². The van der Waals surface area contributed by atoms with Gasteiger partial charge in [0.2, 0.25) is 5.95 Å². The lowest BCUT2D eigenvalue weighted by Gasteiger charge is -2.42. The van der Waals surface area contributed by atoms with E-state index >= 15 is 0 Å². The molecule has 1 aromatic carbocycles. The summed E-state index contributed by atoms with van der Waals surface area (Å²) in [4.78, 5) is 24.0. The number of piperazine rings is 1. The predicted octanol–water partition coefficient (Wildman–Crippen LogP) is 6.70. The Morgan fingerprint density at radius 1 is 0.800 bits per heavy atom. The van der Waals surface area contributed by atoms with Crippen molar-refractivity contribution in [3.05, 3.63) is 42.2 Å². The molecule has 5 heteroatoms. The van der Waals surface area contributed by atoms with E-state index < -0.39 is 0 Å². The number of nitrogens with zero attached hydrogens (tertiary/aromatic N) is 4. The van der Waals surface area contributed by atoms with Crippen LogP contribution in [0.15, 0.2) is 36.7 Å². The summed E-state index contributed by atoms with van der Waals surface area (Å²) in [6, 6.07) is 10.3. The maximum atomic E-state index is 9.50. The van der Waals surface area contributed by atoms with Crippen LogP contribution in [0.25, 0.3) is 11.1 Å². The first-order chi connectivity index (χ1) is 16.9. The molecule has 0 radical (unpaired) electrons. The van der Waals surface area contributed by atoms with Crippen LogP contribution in [0.2, 0.25) is 0 Å². The molecule has 35 heavy (non-hydrogen) atoms. The Kier molecular flexibility index (Phi) is 10.7. The lowest BCUT2D eigenvalue weighted by atomic mass is 10.0. The Morgan fingerprint density at radius 2 is 1.26 bits per heavy atom. The van der Waals surface area contributed by atoms with E-state index in [0.717, 1.165) is 30.9 Å². The Labute approximate surface area is 213 Å². The number of hydrogen-bond donors (Lipinski definition) is 0. The first-order valence-electron chi connectivity index (χ1n) is 13.8. The molecule has 2 bridgehead atoms. The standard InChI is InChI=1S/C20H26N4.C6H12.C4H8O/c1-14(2)23-12-18-8-9-19(13-23)24(18)20-21-10-17(11-22-20)16-6-4-15(3)5-7-16;1-2-4-6-5-3-1;1-4(2)3-5/h4-7,10-11,14,18-19H,8-9,12-13H2,1-3H3;1-6H2;3-4H,1-2H3. The summed E-state index contributed by atoms with van der Waals surface area (Å²) in [6.07, 6.45) is 16.4. The van der Waals surface area contributed by atoms with E-state index in [4.69, 9.17) is 9.97 Å². The monoisotopic (exact) mass is 478 g/mol. The molecule has 2 saturated heterocycles. The van der Waals surface area contributed by atoms with Gasteiger partial charge in [-0.25, -0.2) is 9.97 Å². The Morgan fingerprint density at radius 3 is 1.66 bits per heavy atom. The second-order valence-corrected chi connectivity index (χ2v) is 11.0. The summed E-state index contributed by atoms with van der Waals surface area (Å²) in [7, 11) is 0. The van der Waals surface area contributed by atoms with E-state index in [1.165, 1.54) is 62.5 Å². The molecule has 2 unspecified atom stereocenters. The predicted molar refractivity (Wildman–Crippen MR) is 147 cm³/mol. The van der Waals surface area contributed by atoms with Crippen LogP contribution in [0.1, 0.15) is 84.6 Å². The third kappa shape index (κ3) is 8.13. The number of carbonyl (C=O) groups is 1. The number of hydrogen-bond acceptors (Lipinski definition) is 5. The second-order valence-electron chi connectivity index (χ2n) is 11.0. The van der Waals surface area contributed by atoms with E-state index in [1.54, 1.807) is 0 Å². The highest BCUT2D eigenvalue weighted by molar-refractivity contribution is 5.62. The number of aryl methyl sites for hydroxylation is 1. The highest BCUT2D eigenvalue weighted by Gasteiger charge is 2.41. The largest absolute Gasteiger partial charge is 0.332 e. The van der Waals surface area contributed by atoms with Gasteiger partial charge in [-0.3, -0.25) is 4.90 Å². The fourth-order valence-electron chi connectivity index (χ4n) is 5.09. The molecule has 3 fully saturated rings. The maximum absolute atomic E-state index is 9.50. The SMILES string of the molecule is C1CCCCC1.CC(C)C=O.Cc1ccc(-c2cnc(N3C4CCC3CN(C(C)C)C4)nc2)cc1. The number of fused-ring (bicyclic) bond motifs is 2. The van der Waals surface area contributed by atoms with Gasteiger partial charge in [0.05, 0.1) is 0 Å². The number of anilines is 1. The summed E-state index contributed by atoms with van der Waals surface area (Å²) >= 11 is 0. The zero-order valence-electron chi connectivity index (χ0n) is 22.6. The Balaban J connectivity index is 0.000000259. The molecule has 1 aromatic heterocycles. The van der Waals surface area contributed by atoms with Crippen LogP contribution in [0.3, 0.4) is 0 Å².